The van der Waals surface area contributed by atoms with Crippen LogP contribution in [0.2, 0.25) is 0 Å². The summed E-state index contributed by atoms with van der Waals surface area (Å²) in [6.07, 6.45) is 0. The molecule has 2 N–H and O–H groups in total. The third-order valence-corrected chi connectivity index (χ3v) is 1.59. The number of rotatable bonds is 2. The Kier molecular flexibility index (Phi) is 3.53. The number of carbonyl (C=O) groups is 2. The van der Waals surface area contributed by atoms with Gasteiger partial charge in [-0.1, -0.05) is 24.8 Å². The van der Waals surface area contributed by atoms with Crippen molar-refractivity contribution in [1.82, 2.24) is 0 Å². The van der Waals surface area contributed by atoms with Gasteiger partial charge in [0.2, 0.25) is 5.91 Å². The van der Waals surface area contributed by atoms with E-state index in [0.717, 1.165) is 0 Å². The smallest absolute Gasteiger partial charge is 0.280 e. The molecule has 1 aromatic rings. The zero-order valence-electron chi connectivity index (χ0n) is 7.57. The highest BCUT2D eigenvalue weighted by molar-refractivity contribution is 7.96. The van der Waals surface area contributed by atoms with Gasteiger partial charge in [-0.15, -0.1) is 0 Å². The molecule has 0 radical (unpaired) electrons. The van der Waals surface area contributed by atoms with Crippen LogP contribution in [0.3, 0.4) is 0 Å². The summed E-state index contributed by atoms with van der Waals surface area (Å²) in [4.78, 5) is 21.5. The molecule has 5 heteroatoms. The summed E-state index contributed by atoms with van der Waals surface area (Å²) < 4.78 is 0. The molecule has 0 aliphatic rings. The summed E-state index contributed by atoms with van der Waals surface area (Å²) in [5, 5.41) is 4.61. The largest absolute Gasteiger partial charge is 0.325 e. The van der Waals surface area contributed by atoms with Crippen molar-refractivity contribution in [3.05, 3.63) is 24.3 Å². The van der Waals surface area contributed by atoms with E-state index in [1.165, 1.54) is 6.92 Å². The Balaban J connectivity index is 2.90. The van der Waals surface area contributed by atoms with Gasteiger partial charge in [-0.2, -0.15) is 0 Å². The maximum absolute atomic E-state index is 10.8. The number of thiol groups is 1. The second-order valence-electron chi connectivity index (χ2n) is 2.66. The van der Waals surface area contributed by atoms with Crippen LogP contribution in [0, 0.1) is 0 Å². The lowest BCUT2D eigenvalue weighted by Gasteiger charge is -2.08. The van der Waals surface area contributed by atoms with E-state index < -0.39 is 5.24 Å². The lowest BCUT2D eigenvalue weighted by atomic mass is 10.2. The summed E-state index contributed by atoms with van der Waals surface area (Å²) in [6, 6.07) is 6.89. The van der Waals surface area contributed by atoms with Crippen LogP contribution in [-0.2, 0) is 4.79 Å². The summed E-state index contributed by atoms with van der Waals surface area (Å²) in [6.45, 7) is 1.40. The first-order valence-corrected chi connectivity index (χ1v) is 4.41. The molecule has 1 rings (SSSR count). The Bertz CT molecular complexity index is 331. The Labute approximate surface area is 87.1 Å². The standard InChI is InChI=1S/C9H10N2O2S/c1-6(12)10-7-4-2-3-5-8(7)11-9(13)14/h2-5H,1H3,(H,10,12)(H2,11,13,14). The normalized spacial score (nSPS) is 9.29. The minimum absolute atomic E-state index is 0.189. The van der Waals surface area contributed by atoms with E-state index >= 15 is 0 Å². The maximum Gasteiger partial charge on any atom is 0.280 e. The molecule has 0 spiro atoms. The van der Waals surface area contributed by atoms with Crippen molar-refractivity contribution >= 4 is 35.1 Å². The molecule has 0 unspecified atom stereocenters. The van der Waals surface area contributed by atoms with Crippen molar-refractivity contribution in [2.75, 3.05) is 10.6 Å². The van der Waals surface area contributed by atoms with Gasteiger partial charge >= 0.3 is 0 Å². The Morgan fingerprint density at radius 2 is 1.64 bits per heavy atom. The zero-order valence-corrected chi connectivity index (χ0v) is 8.47. The van der Waals surface area contributed by atoms with Crippen molar-refractivity contribution in [3.63, 3.8) is 0 Å². The van der Waals surface area contributed by atoms with E-state index in [9.17, 15) is 9.59 Å². The fourth-order valence-electron chi connectivity index (χ4n) is 1.01. The SMILES string of the molecule is CC(=O)Nc1ccccc1NC(=O)S. The molecule has 0 heterocycles. The van der Waals surface area contributed by atoms with E-state index in [4.69, 9.17) is 0 Å². The third kappa shape index (κ3) is 3.10. The number of para-hydroxylation sites is 2. The number of hydrogen-bond acceptors (Lipinski definition) is 2. The van der Waals surface area contributed by atoms with E-state index in [0.29, 0.717) is 11.4 Å². The van der Waals surface area contributed by atoms with E-state index in [1.807, 2.05) is 0 Å². The summed E-state index contributed by atoms with van der Waals surface area (Å²) in [7, 11) is 0. The highest BCUT2D eigenvalue weighted by atomic mass is 32.1. The Morgan fingerprint density at radius 3 is 2.07 bits per heavy atom. The van der Waals surface area contributed by atoms with Gasteiger partial charge in [-0.25, -0.2) is 0 Å². The lowest BCUT2D eigenvalue weighted by Crippen LogP contribution is -2.10. The minimum Gasteiger partial charge on any atom is -0.325 e. The van der Waals surface area contributed by atoms with Gasteiger partial charge in [0.15, 0.2) is 0 Å². The van der Waals surface area contributed by atoms with Gasteiger partial charge in [0.1, 0.15) is 0 Å². The number of amides is 2. The fraction of sp³-hybridized carbons (Fsp3) is 0.111. The Hall–Kier alpha value is -1.49. The number of hydrogen-bond donors (Lipinski definition) is 3. The molecule has 74 valence electrons. The minimum atomic E-state index is -0.470. The Morgan fingerprint density at radius 1 is 1.14 bits per heavy atom. The van der Waals surface area contributed by atoms with Crippen molar-refractivity contribution in [2.45, 2.75) is 6.92 Å². The molecule has 1 aromatic carbocycles. The quantitative estimate of drug-likeness (QED) is 0.655. The molecule has 0 saturated carbocycles. The van der Waals surface area contributed by atoms with Gasteiger partial charge < -0.3 is 10.6 Å². The molecular formula is C9H10N2O2S. The first kappa shape index (κ1) is 10.6. The van der Waals surface area contributed by atoms with Gasteiger partial charge in [0.25, 0.3) is 5.24 Å². The van der Waals surface area contributed by atoms with Crippen LogP contribution in [0.4, 0.5) is 16.2 Å². The van der Waals surface area contributed by atoms with E-state index in [2.05, 4.69) is 23.3 Å². The molecule has 0 atom stereocenters. The third-order valence-electron chi connectivity index (χ3n) is 1.48. The van der Waals surface area contributed by atoms with Gasteiger partial charge in [0.05, 0.1) is 11.4 Å². The predicted molar refractivity (Wildman–Crippen MR) is 58.8 cm³/mol. The van der Waals surface area contributed by atoms with Crippen LogP contribution in [0.15, 0.2) is 24.3 Å². The molecule has 0 aromatic heterocycles. The number of carbonyl (C=O) groups excluding carboxylic acids is 2. The summed E-state index contributed by atoms with van der Waals surface area (Å²) in [5.74, 6) is -0.189. The van der Waals surface area contributed by atoms with E-state index in [1.54, 1.807) is 24.3 Å². The van der Waals surface area contributed by atoms with Crippen molar-refractivity contribution in [1.29, 1.82) is 0 Å². The molecule has 14 heavy (non-hydrogen) atoms. The average molecular weight is 210 g/mol. The molecule has 0 bridgehead atoms. The van der Waals surface area contributed by atoms with E-state index in [-0.39, 0.29) is 5.91 Å². The van der Waals surface area contributed by atoms with Crippen LogP contribution >= 0.6 is 12.6 Å². The monoisotopic (exact) mass is 210 g/mol. The molecule has 0 aliphatic heterocycles. The van der Waals surface area contributed by atoms with Crippen molar-refractivity contribution < 1.29 is 9.59 Å². The number of anilines is 2. The van der Waals surface area contributed by atoms with Crippen LogP contribution in [0.5, 0.6) is 0 Å². The zero-order chi connectivity index (χ0) is 10.6. The van der Waals surface area contributed by atoms with Gasteiger partial charge in [-0.3, -0.25) is 9.59 Å². The van der Waals surface area contributed by atoms with Crippen LogP contribution in [-0.4, -0.2) is 11.1 Å². The average Bonchev–Trinajstić information content (AvgIpc) is 2.06. The molecule has 0 aliphatic carbocycles. The molecular weight excluding hydrogens is 200 g/mol. The summed E-state index contributed by atoms with van der Waals surface area (Å²) >= 11 is 3.58. The topological polar surface area (TPSA) is 58.2 Å². The first-order chi connectivity index (χ1) is 6.59. The van der Waals surface area contributed by atoms with Gasteiger partial charge in [0, 0.05) is 6.92 Å². The lowest BCUT2D eigenvalue weighted by molar-refractivity contribution is -0.114. The van der Waals surface area contributed by atoms with Crippen molar-refractivity contribution in [2.24, 2.45) is 0 Å². The van der Waals surface area contributed by atoms with Crippen LogP contribution in [0.1, 0.15) is 6.92 Å². The fourth-order valence-corrected chi connectivity index (χ4v) is 1.13. The first-order valence-electron chi connectivity index (χ1n) is 3.96. The number of nitrogens with one attached hydrogen (secondary N) is 2. The highest BCUT2D eigenvalue weighted by Crippen LogP contribution is 2.20. The second kappa shape index (κ2) is 4.66. The molecule has 0 saturated heterocycles. The molecule has 2 amide bonds. The second-order valence-corrected chi connectivity index (χ2v) is 3.06. The maximum atomic E-state index is 10.8. The highest BCUT2D eigenvalue weighted by Gasteiger charge is 2.03. The number of benzene rings is 1. The summed E-state index contributed by atoms with van der Waals surface area (Å²) in [5.41, 5.74) is 1.09. The van der Waals surface area contributed by atoms with Gasteiger partial charge in [-0.05, 0) is 12.1 Å². The molecule has 4 nitrogen and oxygen atoms in total. The van der Waals surface area contributed by atoms with Crippen LogP contribution < -0.4 is 10.6 Å². The predicted octanol–water partition coefficient (Wildman–Crippen LogP) is 2.11. The molecule has 0 fully saturated rings. The van der Waals surface area contributed by atoms with Crippen LogP contribution in [0.25, 0.3) is 0 Å². The van der Waals surface area contributed by atoms with Crippen molar-refractivity contribution in [3.8, 4) is 0 Å².